The lowest BCUT2D eigenvalue weighted by Crippen LogP contribution is -2.48. The van der Waals surface area contributed by atoms with Crippen LogP contribution in [0.5, 0.6) is 11.5 Å². The molecule has 0 saturated heterocycles. The Labute approximate surface area is 171 Å². The number of aryl methyl sites for hydroxylation is 1. The summed E-state index contributed by atoms with van der Waals surface area (Å²) in [5.74, 6) is 0.727. The minimum Gasteiger partial charge on any atom is -0.486 e. The van der Waals surface area contributed by atoms with Crippen molar-refractivity contribution in [2.75, 3.05) is 30.8 Å². The van der Waals surface area contributed by atoms with Crippen molar-refractivity contribution in [3.63, 3.8) is 0 Å². The Morgan fingerprint density at radius 1 is 1.07 bits per heavy atom. The monoisotopic (exact) mass is 418 g/mol. The predicted octanol–water partition coefficient (Wildman–Crippen LogP) is 2.58. The lowest BCUT2D eigenvalue weighted by Gasteiger charge is -2.32. The first kappa shape index (κ1) is 21.0. The van der Waals surface area contributed by atoms with Gasteiger partial charge in [0, 0.05) is 19.7 Å². The number of carbonyl (C=O) groups is 1. The molecule has 2 aromatic rings. The maximum absolute atomic E-state index is 13.0. The molecule has 1 atom stereocenters. The Morgan fingerprint density at radius 3 is 2.31 bits per heavy atom. The molecule has 3 rings (SSSR count). The molecular formula is C21H26N2O5S. The molecule has 0 N–H and O–H groups in total. The first-order valence-electron chi connectivity index (χ1n) is 9.36. The fraction of sp³-hybridized carbons (Fsp3) is 0.381. The normalized spacial score (nSPS) is 14.2. The van der Waals surface area contributed by atoms with Crippen molar-refractivity contribution in [1.82, 2.24) is 4.90 Å². The zero-order chi connectivity index (χ0) is 21.2. The molecule has 0 saturated carbocycles. The number of sulfonamides is 1. The second-order valence-electron chi connectivity index (χ2n) is 7.24. The van der Waals surface area contributed by atoms with Crippen LogP contribution in [0.25, 0.3) is 0 Å². The van der Waals surface area contributed by atoms with Crippen molar-refractivity contribution >= 4 is 21.6 Å². The molecule has 0 fully saturated rings. The van der Waals surface area contributed by atoms with E-state index in [0.717, 1.165) is 21.7 Å². The molecule has 0 aromatic heterocycles. The number of rotatable bonds is 6. The van der Waals surface area contributed by atoms with E-state index in [1.54, 1.807) is 32.2 Å². The fourth-order valence-corrected chi connectivity index (χ4v) is 4.50. The number of nitrogens with zero attached hydrogens (tertiary/aromatic N) is 2. The Kier molecular flexibility index (Phi) is 6.02. The third-order valence-corrected chi connectivity index (χ3v) is 6.00. The summed E-state index contributed by atoms with van der Waals surface area (Å²) >= 11 is 0. The quantitative estimate of drug-likeness (QED) is 0.721. The van der Waals surface area contributed by atoms with Gasteiger partial charge >= 0.3 is 0 Å². The van der Waals surface area contributed by atoms with Crippen molar-refractivity contribution in [3.05, 3.63) is 53.6 Å². The first-order chi connectivity index (χ1) is 13.7. The van der Waals surface area contributed by atoms with Crippen LogP contribution >= 0.6 is 0 Å². The van der Waals surface area contributed by atoms with Crippen molar-refractivity contribution in [2.45, 2.75) is 26.4 Å². The van der Waals surface area contributed by atoms with Crippen LogP contribution in [0.15, 0.2) is 42.5 Å². The molecule has 0 spiro atoms. The summed E-state index contributed by atoms with van der Waals surface area (Å²) < 4.78 is 37.3. The van der Waals surface area contributed by atoms with Gasteiger partial charge < -0.3 is 14.4 Å². The summed E-state index contributed by atoms with van der Waals surface area (Å²) in [5, 5.41) is 0. The molecule has 8 heteroatoms. The molecule has 0 radical (unpaired) electrons. The SMILES string of the molecule is Cc1ccc(CN(C)C(=O)[C@@H](C)N(c2ccc3c(c2)OCCO3)S(C)(=O)=O)cc1. The first-order valence-corrected chi connectivity index (χ1v) is 11.2. The van der Waals surface area contributed by atoms with Crippen LogP contribution in [-0.2, 0) is 21.4 Å². The van der Waals surface area contributed by atoms with Crippen molar-refractivity contribution in [3.8, 4) is 11.5 Å². The van der Waals surface area contributed by atoms with Gasteiger partial charge in [-0.3, -0.25) is 9.10 Å². The smallest absolute Gasteiger partial charge is 0.246 e. The van der Waals surface area contributed by atoms with E-state index in [1.165, 1.54) is 4.90 Å². The van der Waals surface area contributed by atoms with Crippen LogP contribution in [-0.4, -0.2) is 51.8 Å². The Balaban J connectivity index is 1.84. The van der Waals surface area contributed by atoms with Gasteiger partial charge in [-0.2, -0.15) is 0 Å². The topological polar surface area (TPSA) is 76.2 Å². The van der Waals surface area contributed by atoms with Crippen LogP contribution in [0.3, 0.4) is 0 Å². The summed E-state index contributed by atoms with van der Waals surface area (Å²) in [6.45, 7) is 4.82. The van der Waals surface area contributed by atoms with Gasteiger partial charge in [0.25, 0.3) is 0 Å². The average molecular weight is 419 g/mol. The average Bonchev–Trinajstić information content (AvgIpc) is 2.68. The molecular weight excluding hydrogens is 392 g/mol. The van der Waals surface area contributed by atoms with Crippen LogP contribution in [0.1, 0.15) is 18.1 Å². The Morgan fingerprint density at radius 2 is 1.69 bits per heavy atom. The van der Waals surface area contributed by atoms with Gasteiger partial charge in [-0.05, 0) is 31.5 Å². The molecule has 1 aliphatic heterocycles. The standard InChI is InChI=1S/C21H26N2O5S/c1-15-5-7-17(8-6-15)14-22(3)21(24)16(2)23(29(4,25)26)18-9-10-19-20(13-18)28-12-11-27-19/h5-10,13,16H,11-12,14H2,1-4H3/t16-/m1/s1. The number of benzene rings is 2. The van der Waals surface area contributed by atoms with Crippen LogP contribution in [0, 0.1) is 6.92 Å². The van der Waals surface area contributed by atoms with E-state index in [0.29, 0.717) is 36.9 Å². The molecule has 29 heavy (non-hydrogen) atoms. The molecule has 7 nitrogen and oxygen atoms in total. The molecule has 0 unspecified atom stereocenters. The Bertz CT molecular complexity index is 989. The number of anilines is 1. The van der Waals surface area contributed by atoms with E-state index >= 15 is 0 Å². The summed E-state index contributed by atoms with van der Waals surface area (Å²) in [6, 6.07) is 11.8. The maximum atomic E-state index is 13.0. The summed E-state index contributed by atoms with van der Waals surface area (Å²) in [5.41, 5.74) is 2.48. The van der Waals surface area contributed by atoms with Crippen molar-refractivity contribution in [2.24, 2.45) is 0 Å². The van der Waals surface area contributed by atoms with Crippen molar-refractivity contribution < 1.29 is 22.7 Å². The highest BCUT2D eigenvalue weighted by molar-refractivity contribution is 7.92. The number of ether oxygens (including phenoxy) is 2. The number of fused-ring (bicyclic) bond motifs is 1. The highest BCUT2D eigenvalue weighted by Gasteiger charge is 2.32. The maximum Gasteiger partial charge on any atom is 0.246 e. The zero-order valence-corrected chi connectivity index (χ0v) is 17.9. The van der Waals surface area contributed by atoms with E-state index < -0.39 is 16.1 Å². The Hall–Kier alpha value is -2.74. The summed E-state index contributed by atoms with van der Waals surface area (Å²) in [4.78, 5) is 14.6. The molecule has 2 aromatic carbocycles. The highest BCUT2D eigenvalue weighted by atomic mass is 32.2. The number of carbonyl (C=O) groups excluding carboxylic acids is 1. The van der Waals surface area contributed by atoms with Gasteiger partial charge in [0.2, 0.25) is 15.9 Å². The van der Waals surface area contributed by atoms with Crippen LogP contribution in [0.2, 0.25) is 0 Å². The third-order valence-electron chi connectivity index (χ3n) is 4.76. The van der Waals surface area contributed by atoms with Crippen molar-refractivity contribution in [1.29, 1.82) is 0 Å². The van der Waals surface area contributed by atoms with Gasteiger partial charge in [0.1, 0.15) is 19.3 Å². The van der Waals surface area contributed by atoms with Gasteiger partial charge in [0.15, 0.2) is 11.5 Å². The second-order valence-corrected chi connectivity index (χ2v) is 9.10. The number of likely N-dealkylation sites (N-methyl/N-ethyl adjacent to an activating group) is 1. The molecule has 156 valence electrons. The lowest BCUT2D eigenvalue weighted by molar-refractivity contribution is -0.131. The van der Waals surface area contributed by atoms with Gasteiger partial charge in [-0.15, -0.1) is 0 Å². The van der Waals surface area contributed by atoms with E-state index in [4.69, 9.17) is 9.47 Å². The molecule has 1 aliphatic rings. The number of amides is 1. The van der Waals surface area contributed by atoms with E-state index in [2.05, 4.69) is 0 Å². The van der Waals surface area contributed by atoms with Crippen LogP contribution in [0.4, 0.5) is 5.69 Å². The molecule has 0 aliphatic carbocycles. The second kappa shape index (κ2) is 8.32. The zero-order valence-electron chi connectivity index (χ0n) is 17.1. The lowest BCUT2D eigenvalue weighted by atomic mass is 10.1. The summed E-state index contributed by atoms with van der Waals surface area (Å²) in [6.07, 6.45) is 1.09. The number of hydrogen-bond acceptors (Lipinski definition) is 5. The summed E-state index contributed by atoms with van der Waals surface area (Å²) in [7, 11) is -2.04. The molecule has 0 bridgehead atoms. The van der Waals surface area contributed by atoms with E-state index in [1.807, 2.05) is 31.2 Å². The van der Waals surface area contributed by atoms with E-state index in [-0.39, 0.29) is 5.91 Å². The minimum absolute atomic E-state index is 0.300. The van der Waals surface area contributed by atoms with Gasteiger partial charge in [-0.1, -0.05) is 29.8 Å². The third kappa shape index (κ3) is 4.82. The van der Waals surface area contributed by atoms with E-state index in [9.17, 15) is 13.2 Å². The number of hydrogen-bond donors (Lipinski definition) is 0. The largest absolute Gasteiger partial charge is 0.486 e. The van der Waals surface area contributed by atoms with Gasteiger partial charge in [0.05, 0.1) is 11.9 Å². The fourth-order valence-electron chi connectivity index (χ4n) is 3.34. The molecule has 1 heterocycles. The predicted molar refractivity (Wildman–Crippen MR) is 112 cm³/mol. The minimum atomic E-state index is -3.71. The highest BCUT2D eigenvalue weighted by Crippen LogP contribution is 2.35. The van der Waals surface area contributed by atoms with Gasteiger partial charge in [-0.25, -0.2) is 8.42 Å². The van der Waals surface area contributed by atoms with Crippen LogP contribution < -0.4 is 13.8 Å². The molecule has 1 amide bonds.